The molecule has 0 unspecified atom stereocenters. The molecule has 8 nitrogen and oxygen atoms in total. The third kappa shape index (κ3) is 4.68. The average molecular weight is 421 g/mol. The van der Waals surface area contributed by atoms with Gasteiger partial charge in [-0.3, -0.25) is 0 Å². The normalized spacial score (nSPS) is 17.4. The third-order valence-corrected chi connectivity index (χ3v) is 5.35. The van der Waals surface area contributed by atoms with Crippen LogP contribution >= 0.6 is 11.6 Å². The molecular weight excluding hydrogens is 399 g/mol. The minimum Gasteiger partial charge on any atom is -0.378 e. The number of hydrogen-bond acceptors (Lipinski definition) is 6. The molecule has 0 spiro atoms. The van der Waals surface area contributed by atoms with Crippen molar-refractivity contribution >= 4 is 34.8 Å². The second kappa shape index (κ2) is 8.79. The van der Waals surface area contributed by atoms with E-state index in [0.29, 0.717) is 45.1 Å². The maximum Gasteiger partial charge on any atom is 0.321 e. The smallest absolute Gasteiger partial charge is 0.321 e. The van der Waals surface area contributed by atoms with Crippen molar-refractivity contribution in [2.45, 2.75) is 0 Å². The van der Waals surface area contributed by atoms with Crippen molar-refractivity contribution in [2.75, 3.05) is 67.6 Å². The summed E-state index contributed by atoms with van der Waals surface area (Å²) in [6.07, 6.45) is 1.75. The minimum absolute atomic E-state index is 0.0196. The van der Waals surface area contributed by atoms with Gasteiger partial charge in [-0.15, -0.1) is 5.10 Å². The van der Waals surface area contributed by atoms with Crippen LogP contribution in [-0.2, 0) is 4.74 Å². The molecule has 1 aromatic heterocycles. The Kier molecular flexibility index (Phi) is 5.96. The summed E-state index contributed by atoms with van der Waals surface area (Å²) in [5.74, 6) is 0.333. The monoisotopic (exact) mass is 420 g/mol. The van der Waals surface area contributed by atoms with E-state index in [4.69, 9.17) is 16.3 Å². The molecular formula is C19H22ClFN6O2. The standard InChI is InChI=1S/C19H22ClFN6O2/c20-16-11-14(1-2-17(16)21)23-19(28)27-5-3-25(4-6-27)15-12-18(24-22-13-15)26-7-9-29-10-8-26/h1-2,11-13H,3-10H2,(H,23,28). The van der Waals surface area contributed by atoms with Gasteiger partial charge in [0.25, 0.3) is 0 Å². The fraction of sp³-hybridized carbons (Fsp3) is 0.421. The zero-order valence-corrected chi connectivity index (χ0v) is 16.6. The number of nitrogens with zero attached hydrogens (tertiary/aromatic N) is 5. The lowest BCUT2D eigenvalue weighted by molar-refractivity contribution is 0.122. The zero-order valence-electron chi connectivity index (χ0n) is 15.9. The van der Waals surface area contributed by atoms with Crippen LogP contribution in [0.5, 0.6) is 0 Å². The van der Waals surface area contributed by atoms with Gasteiger partial charge in [0.2, 0.25) is 0 Å². The Hall–Kier alpha value is -2.65. The predicted molar refractivity (Wildman–Crippen MR) is 109 cm³/mol. The van der Waals surface area contributed by atoms with E-state index in [1.165, 1.54) is 18.2 Å². The lowest BCUT2D eigenvalue weighted by Crippen LogP contribution is -2.50. The fourth-order valence-corrected chi connectivity index (χ4v) is 3.59. The summed E-state index contributed by atoms with van der Waals surface area (Å²) in [4.78, 5) is 18.6. The Bertz CT molecular complexity index is 872. The molecule has 3 heterocycles. The van der Waals surface area contributed by atoms with Crippen LogP contribution in [0.25, 0.3) is 0 Å². The summed E-state index contributed by atoms with van der Waals surface area (Å²) in [6.45, 7) is 5.50. The molecule has 2 amide bonds. The number of halogens is 2. The van der Waals surface area contributed by atoms with Crippen LogP contribution in [0, 0.1) is 5.82 Å². The highest BCUT2D eigenvalue weighted by molar-refractivity contribution is 6.31. The number of morpholine rings is 1. The molecule has 0 saturated carbocycles. The first-order valence-electron chi connectivity index (χ1n) is 9.51. The number of aromatic nitrogens is 2. The highest BCUT2D eigenvalue weighted by Gasteiger charge is 2.23. The number of ether oxygens (including phenoxy) is 1. The van der Waals surface area contributed by atoms with Crippen LogP contribution in [-0.4, -0.2) is 73.6 Å². The van der Waals surface area contributed by atoms with E-state index in [1.807, 2.05) is 6.07 Å². The number of benzene rings is 1. The molecule has 29 heavy (non-hydrogen) atoms. The molecule has 2 aliphatic rings. The van der Waals surface area contributed by atoms with Crippen molar-refractivity contribution in [3.05, 3.63) is 41.3 Å². The highest BCUT2D eigenvalue weighted by Crippen LogP contribution is 2.22. The Labute approximate surface area is 173 Å². The average Bonchev–Trinajstić information content (AvgIpc) is 2.77. The van der Waals surface area contributed by atoms with Gasteiger partial charge in [-0.1, -0.05) is 11.6 Å². The minimum atomic E-state index is -0.513. The van der Waals surface area contributed by atoms with Crippen LogP contribution in [0.3, 0.4) is 0 Å². The van der Waals surface area contributed by atoms with Crippen molar-refractivity contribution in [3.8, 4) is 0 Å². The lowest BCUT2D eigenvalue weighted by Gasteiger charge is -2.36. The van der Waals surface area contributed by atoms with E-state index in [0.717, 1.165) is 24.6 Å². The zero-order chi connectivity index (χ0) is 20.2. The van der Waals surface area contributed by atoms with Gasteiger partial charge in [-0.25, -0.2) is 9.18 Å². The van der Waals surface area contributed by atoms with Gasteiger partial charge >= 0.3 is 6.03 Å². The van der Waals surface area contributed by atoms with Crippen LogP contribution in [0.4, 0.5) is 26.4 Å². The molecule has 1 N–H and O–H groups in total. The molecule has 154 valence electrons. The molecule has 0 radical (unpaired) electrons. The van der Waals surface area contributed by atoms with Crippen molar-refractivity contribution in [2.24, 2.45) is 0 Å². The van der Waals surface area contributed by atoms with Gasteiger partial charge in [-0.2, -0.15) is 5.10 Å². The molecule has 0 aliphatic carbocycles. The largest absolute Gasteiger partial charge is 0.378 e. The first kappa shape index (κ1) is 19.7. The molecule has 4 rings (SSSR count). The van der Waals surface area contributed by atoms with Crippen LogP contribution < -0.4 is 15.1 Å². The molecule has 0 bridgehead atoms. The number of nitrogens with one attached hydrogen (secondary N) is 1. The van der Waals surface area contributed by atoms with Crippen LogP contribution in [0.2, 0.25) is 5.02 Å². The molecule has 1 aromatic carbocycles. The topological polar surface area (TPSA) is 73.8 Å². The maximum absolute atomic E-state index is 13.3. The van der Waals surface area contributed by atoms with Gasteiger partial charge in [0, 0.05) is 51.0 Å². The molecule has 10 heteroatoms. The van der Waals surface area contributed by atoms with Crippen LogP contribution in [0.1, 0.15) is 0 Å². The summed E-state index contributed by atoms with van der Waals surface area (Å²) in [5, 5.41) is 11.1. The van der Waals surface area contributed by atoms with Crippen molar-refractivity contribution in [1.82, 2.24) is 15.1 Å². The summed E-state index contributed by atoms with van der Waals surface area (Å²) in [6, 6.07) is 5.94. The Morgan fingerprint density at radius 2 is 1.83 bits per heavy atom. The molecule has 2 aliphatic heterocycles. The van der Waals surface area contributed by atoms with Crippen LogP contribution in [0.15, 0.2) is 30.5 Å². The second-order valence-corrected chi connectivity index (χ2v) is 7.31. The van der Waals surface area contributed by atoms with Gasteiger partial charge in [0.15, 0.2) is 5.82 Å². The quantitative estimate of drug-likeness (QED) is 0.822. The lowest BCUT2D eigenvalue weighted by atomic mass is 10.2. The Morgan fingerprint density at radius 3 is 2.55 bits per heavy atom. The van der Waals surface area contributed by atoms with E-state index < -0.39 is 5.82 Å². The molecule has 2 aromatic rings. The van der Waals surface area contributed by atoms with Gasteiger partial charge < -0.3 is 24.8 Å². The fourth-order valence-electron chi connectivity index (χ4n) is 3.41. The summed E-state index contributed by atoms with van der Waals surface area (Å²) in [7, 11) is 0. The number of hydrogen-bond donors (Lipinski definition) is 1. The first-order valence-corrected chi connectivity index (χ1v) is 9.89. The molecule has 0 atom stereocenters. The number of rotatable bonds is 3. The van der Waals surface area contributed by atoms with Gasteiger partial charge in [0.05, 0.1) is 30.1 Å². The molecule has 2 saturated heterocycles. The van der Waals surface area contributed by atoms with Crippen molar-refractivity contribution in [1.29, 1.82) is 0 Å². The van der Waals surface area contributed by atoms with E-state index in [9.17, 15) is 9.18 Å². The van der Waals surface area contributed by atoms with E-state index >= 15 is 0 Å². The van der Waals surface area contributed by atoms with Gasteiger partial charge in [-0.05, 0) is 18.2 Å². The number of anilines is 3. The number of urea groups is 1. The van der Waals surface area contributed by atoms with E-state index in [-0.39, 0.29) is 11.1 Å². The van der Waals surface area contributed by atoms with Crippen molar-refractivity contribution < 1.29 is 13.9 Å². The second-order valence-electron chi connectivity index (χ2n) is 6.90. The Morgan fingerprint density at radius 1 is 1.07 bits per heavy atom. The summed E-state index contributed by atoms with van der Waals surface area (Å²) >= 11 is 5.77. The van der Waals surface area contributed by atoms with Gasteiger partial charge in [0.1, 0.15) is 5.82 Å². The number of carbonyl (C=O) groups excluding carboxylic acids is 1. The number of piperazine rings is 1. The van der Waals surface area contributed by atoms with E-state index in [2.05, 4.69) is 25.3 Å². The van der Waals surface area contributed by atoms with E-state index in [1.54, 1.807) is 11.1 Å². The molecule has 2 fully saturated rings. The van der Waals surface area contributed by atoms with Crippen molar-refractivity contribution in [3.63, 3.8) is 0 Å². The third-order valence-electron chi connectivity index (χ3n) is 5.07. The number of amides is 2. The highest BCUT2D eigenvalue weighted by atomic mass is 35.5. The Balaban J connectivity index is 1.34. The predicted octanol–water partition coefficient (Wildman–Crippen LogP) is 2.46. The summed E-state index contributed by atoms with van der Waals surface area (Å²) < 4.78 is 18.7. The number of carbonyl (C=O) groups is 1. The maximum atomic E-state index is 13.3. The first-order chi connectivity index (χ1) is 14.1. The SMILES string of the molecule is O=C(Nc1ccc(F)c(Cl)c1)N1CCN(c2cnnc(N3CCOCC3)c2)CC1. The summed E-state index contributed by atoms with van der Waals surface area (Å²) in [5.41, 5.74) is 1.46.